The number of unbranched alkanes of at least 4 members (excludes halogenated alkanes) is 1. The number of nitrogens with one attached hydrogen (secondary N) is 5. The quantitative estimate of drug-likeness (QED) is 0.0102. The molecule has 9 N–H and O–H groups in total. The maximum atomic E-state index is 13.3. The fourth-order valence-corrected chi connectivity index (χ4v) is 19.0. The first-order chi connectivity index (χ1) is 66.8. The van der Waals surface area contributed by atoms with Crippen molar-refractivity contribution < 1.29 is 47.6 Å². The number of aromatic nitrogens is 2. The van der Waals surface area contributed by atoms with E-state index < -0.39 is 16.8 Å². The monoisotopic (exact) mass is 1910 g/mol. The fourth-order valence-electron chi connectivity index (χ4n) is 19.0. The summed E-state index contributed by atoms with van der Waals surface area (Å²) in [6, 6.07) is 67.3. The zero-order valence-electron chi connectivity index (χ0n) is 84.2. The molecule has 28 heteroatoms. The zero-order chi connectivity index (χ0) is 99.6. The third-order valence-corrected chi connectivity index (χ3v) is 26.6. The largest absolute Gasteiger partial charge is 0.680 e. The molecule has 12 aliphatic rings. The second kappa shape index (κ2) is 53.9. The SMILES string of the molecule is C(=NCc1ccccc1)C1CC1.CC(C)(C)OC(=O)N[C@H]1CCN(Cc2ccccc2)[C@@H]1C1CC1.CC(C)(C)OC(=O)N[C@H]1CCN(c2ccc3c(cnn3-c3ccc(F)cc3)c2)[C@@H]1C1CC1.CC(C)(C)OC(=O)N[C@H]1CCN[C@@H]1C1CC1.CCCC[N+](=O)[O-].C[NH-].NCc1ccccc1.N[C@H]1CCN(Cc2ccccc2)[C@@H]1C1CC1.O=CC1CC1.O=[N+]([O-])[C@H]1CCN(Cc2ccccc2)[C@@H]1C1CC1. The molecule has 5 aliphatic heterocycles. The first-order valence-electron chi connectivity index (χ1n) is 51.1. The Morgan fingerprint density at radius 1 is 0.504 bits per heavy atom. The highest BCUT2D eigenvalue weighted by molar-refractivity contribution is 5.84. The molecule has 756 valence electrons. The highest BCUT2D eigenvalue weighted by Crippen LogP contribution is 2.46. The number of likely N-dealkylation sites (tertiary alicyclic amines) is 3. The summed E-state index contributed by atoms with van der Waals surface area (Å²) in [5, 5.41) is 38.9. The third-order valence-electron chi connectivity index (χ3n) is 26.6. The minimum absolute atomic E-state index is 0.0615. The maximum Gasteiger partial charge on any atom is 0.407 e. The number of aldehydes is 1. The molecule has 5 saturated heterocycles. The molecule has 7 aliphatic carbocycles. The number of anilines is 1. The van der Waals surface area contributed by atoms with Crippen molar-refractivity contribution in [1.82, 2.24) is 45.7 Å². The standard InChI is InChI=1S/C25H29FN4O2.C19H28N2O2.C14H18N2O2.C14H20N2.C12H22N2O2.C11H13N.C7H9N.C4H9NO2.C4H6O.CH4N/c1-25(2,3)32-24(31)28-21-12-13-29(23(21)16-4-5-16)20-10-11-22-17(14-20)15-27-30(22)19-8-6-18(26)7-9-19;1-19(2,3)23-18(22)20-16-11-12-21(17(16)15-9-10-15)13-14-7-5-4-6-8-14;17-16(18)13-8-9-15(14(13)12-6-7-12)10-11-4-2-1-3-5-11;15-13-8-9-16(14(13)12-6-7-12)10-11-4-2-1-3-5-11;1-12(2,3)16-11(15)14-9-6-7-13-10(9)8-4-5-8;1-2-4-10(5-3-1)8-12-9-11-6-7-11;8-6-7-4-2-1-3-5-7;1-2-3-4-5(6)7;5-3-4-1-2-4;1-2/h6-11,14-16,21,23H,4-5,12-13H2,1-3H3,(H,28,31);4-8,15-17H,9-13H2,1-3H3,(H,20,22);1-5,12-14H,6-10H2;1-5,12-14H,6-10,15H2;8-10,13H,4-7H2,1-3H3,(H,14,15);1-5,9,11H,6-8H2;1-5H,6,8H2;2-4H2,1H3;3-4H,1-2H2;2H,1H3/q;;;;;;;;;-1/t21-,23+;16-,17+;2*13-,14+;9-,10+;;;;;/m00000...../s1. The van der Waals surface area contributed by atoms with Gasteiger partial charge in [-0.25, -0.2) is 23.5 Å². The number of alkyl carbamates (subject to hydrolysis) is 3. The average molecular weight is 1910 g/mol. The number of fused-ring (bicyclic) bond motifs is 1. The van der Waals surface area contributed by atoms with Gasteiger partial charge < -0.3 is 62.4 Å². The van der Waals surface area contributed by atoms with Crippen molar-refractivity contribution in [3.63, 3.8) is 0 Å². The molecule has 0 unspecified atom stereocenters. The summed E-state index contributed by atoms with van der Waals surface area (Å²) in [5.74, 6) is 4.53. The molecule has 20 rings (SSSR count). The molecule has 7 saturated carbocycles. The fraction of sp³-hybridized carbons (Fsp3) is 0.568. The molecule has 0 radical (unpaired) electrons. The number of hydrogen-bond acceptors (Lipinski definition) is 20. The van der Waals surface area contributed by atoms with Crippen molar-refractivity contribution in [2.24, 2.45) is 57.9 Å². The van der Waals surface area contributed by atoms with Crippen molar-refractivity contribution in [3.8, 4) is 5.69 Å². The smallest absolute Gasteiger partial charge is 0.407 e. The van der Waals surface area contributed by atoms with Crippen molar-refractivity contribution >= 4 is 47.4 Å². The van der Waals surface area contributed by atoms with Crippen molar-refractivity contribution in [1.29, 1.82) is 0 Å². The van der Waals surface area contributed by atoms with E-state index in [2.05, 4.69) is 172 Å². The Bertz CT molecular complexity index is 5020. The average Bonchev–Trinajstić information content (AvgIpc) is 1.56. The van der Waals surface area contributed by atoms with Crippen LogP contribution in [0.1, 0.15) is 232 Å². The predicted molar refractivity (Wildman–Crippen MR) is 552 cm³/mol. The Morgan fingerprint density at radius 3 is 1.35 bits per heavy atom. The van der Waals surface area contributed by atoms with Gasteiger partial charge in [0, 0.05) is 135 Å². The Morgan fingerprint density at radius 2 is 0.921 bits per heavy atom. The van der Waals surface area contributed by atoms with Gasteiger partial charge in [0.2, 0.25) is 12.6 Å². The number of nitrogens with two attached hydrogens (primary N) is 2. The number of carbonyl (C=O) groups is 4. The van der Waals surface area contributed by atoms with Crippen LogP contribution in [0.5, 0.6) is 0 Å². The lowest BCUT2D eigenvalue weighted by atomic mass is 10.0. The number of benzene rings is 7. The van der Waals surface area contributed by atoms with Crippen LogP contribution < -0.4 is 37.6 Å². The van der Waals surface area contributed by atoms with Gasteiger partial charge in [-0.1, -0.05) is 159 Å². The summed E-state index contributed by atoms with van der Waals surface area (Å²) in [6.07, 6.45) is 28.1. The minimum Gasteiger partial charge on any atom is -0.680 e. The van der Waals surface area contributed by atoms with E-state index in [4.69, 9.17) is 31.4 Å². The van der Waals surface area contributed by atoms with Crippen LogP contribution in [-0.2, 0) is 51.7 Å². The normalized spacial score (nSPS) is 23.1. The summed E-state index contributed by atoms with van der Waals surface area (Å²) in [4.78, 5) is 80.3. The van der Waals surface area contributed by atoms with E-state index in [0.717, 1.165) is 143 Å². The van der Waals surface area contributed by atoms with Crippen molar-refractivity contribution in [2.45, 2.75) is 314 Å². The first-order valence-corrected chi connectivity index (χ1v) is 51.1. The van der Waals surface area contributed by atoms with Gasteiger partial charge in [-0.3, -0.25) is 39.9 Å². The van der Waals surface area contributed by atoms with Crippen LogP contribution in [0.3, 0.4) is 0 Å². The van der Waals surface area contributed by atoms with Crippen LogP contribution in [0.4, 0.5) is 24.5 Å². The molecule has 7 aromatic carbocycles. The summed E-state index contributed by atoms with van der Waals surface area (Å²) < 4.78 is 31.3. The maximum absolute atomic E-state index is 13.3. The molecule has 10 atom stereocenters. The van der Waals surface area contributed by atoms with Gasteiger partial charge in [0.05, 0.1) is 42.1 Å². The van der Waals surface area contributed by atoms with Crippen LogP contribution in [0.15, 0.2) is 205 Å². The number of nitro groups is 2. The van der Waals surface area contributed by atoms with Gasteiger partial charge in [-0.15, -0.1) is 0 Å². The molecule has 0 bridgehead atoms. The lowest BCUT2D eigenvalue weighted by Gasteiger charge is -2.31. The summed E-state index contributed by atoms with van der Waals surface area (Å²) in [7, 11) is 1.25. The van der Waals surface area contributed by atoms with E-state index in [0.29, 0.717) is 61.3 Å². The second-order valence-corrected chi connectivity index (χ2v) is 42.1. The molecule has 12 fully saturated rings. The Kier molecular flexibility index (Phi) is 42.2. The van der Waals surface area contributed by atoms with Gasteiger partial charge in [-0.05, 0) is 297 Å². The topological polar surface area (TPSA) is 349 Å². The lowest BCUT2D eigenvalue weighted by Crippen LogP contribution is -2.47. The number of amides is 3. The van der Waals surface area contributed by atoms with E-state index in [1.807, 2.05) is 135 Å². The summed E-state index contributed by atoms with van der Waals surface area (Å²) >= 11 is 0. The Labute approximate surface area is 824 Å². The van der Waals surface area contributed by atoms with Crippen LogP contribution in [-0.4, -0.2) is 189 Å². The molecular formula is C111H158FN16O11-. The zero-order valence-corrected chi connectivity index (χ0v) is 84.2. The molecular weight excluding hydrogens is 1750 g/mol. The second-order valence-electron chi connectivity index (χ2n) is 42.1. The summed E-state index contributed by atoms with van der Waals surface area (Å²) in [5.41, 5.74) is 25.4. The van der Waals surface area contributed by atoms with Crippen molar-refractivity contribution in [2.75, 3.05) is 51.2 Å². The highest BCUT2D eigenvalue weighted by Gasteiger charge is 2.51. The van der Waals surface area contributed by atoms with Gasteiger partial charge in [-0.2, -0.15) is 12.1 Å². The number of halogens is 1. The van der Waals surface area contributed by atoms with Crippen molar-refractivity contribution in [3.05, 3.63) is 260 Å². The predicted octanol–water partition coefficient (Wildman–Crippen LogP) is 20.7. The Hall–Kier alpha value is -10.6. The van der Waals surface area contributed by atoms with E-state index in [1.54, 1.807) is 12.1 Å². The molecule has 8 aromatic rings. The van der Waals surface area contributed by atoms with Crippen LogP contribution in [0.25, 0.3) is 22.3 Å². The van der Waals surface area contributed by atoms with E-state index in [-0.39, 0.29) is 76.7 Å². The molecule has 139 heavy (non-hydrogen) atoms. The number of ether oxygens (including phenoxy) is 3. The van der Waals surface area contributed by atoms with E-state index in [9.17, 15) is 43.8 Å². The number of aliphatic imine (C=N–C) groups is 1. The van der Waals surface area contributed by atoms with E-state index in [1.165, 1.54) is 137 Å². The van der Waals surface area contributed by atoms with Gasteiger partial charge in [0.25, 0.3) is 0 Å². The third kappa shape index (κ3) is 38.1. The number of carbonyl (C=O) groups excluding carboxylic acids is 4. The minimum atomic E-state index is -0.507. The number of nitrogens with zero attached hydrogens (tertiary/aromatic N) is 9. The van der Waals surface area contributed by atoms with Gasteiger partial charge in [0.15, 0.2) is 0 Å². The van der Waals surface area contributed by atoms with Crippen LogP contribution >= 0.6 is 0 Å². The van der Waals surface area contributed by atoms with E-state index >= 15 is 0 Å². The molecule has 1 aromatic heterocycles. The lowest BCUT2D eigenvalue weighted by molar-refractivity contribution is -0.525. The highest BCUT2D eigenvalue weighted by atomic mass is 19.1. The van der Waals surface area contributed by atoms with Crippen LogP contribution in [0.2, 0.25) is 0 Å². The van der Waals surface area contributed by atoms with Gasteiger partial charge in [0.1, 0.15) is 28.9 Å². The molecule has 3 amide bonds. The molecule has 0 spiro atoms. The Balaban J connectivity index is 0.000000156. The van der Waals surface area contributed by atoms with Gasteiger partial charge >= 0.3 is 18.3 Å². The first kappa shape index (κ1) is 109. The number of rotatable bonds is 25. The van der Waals surface area contributed by atoms with Crippen LogP contribution in [0, 0.1) is 67.5 Å². The molecule has 27 nitrogen and oxygen atoms in total. The molecule has 6 heterocycles. The number of hydrogen-bond donors (Lipinski definition) is 6. The summed E-state index contributed by atoms with van der Waals surface area (Å²) in [6.45, 7) is 28.4.